The SMILES string of the molecule is CC1(C)OB(c2cccc3c2cnn3S(=O)(=O)C2CC2)OC1(C)C. The second-order valence-electron chi connectivity index (χ2n) is 7.60. The maximum atomic E-state index is 12.5. The average molecular weight is 348 g/mol. The van der Waals surface area contributed by atoms with Crippen LogP contribution in [-0.2, 0) is 19.3 Å². The molecule has 1 aliphatic carbocycles. The van der Waals surface area contributed by atoms with Crippen LogP contribution < -0.4 is 5.46 Å². The third-order valence-corrected chi connectivity index (χ3v) is 7.40. The molecule has 0 radical (unpaired) electrons. The molecule has 1 aromatic heterocycles. The second kappa shape index (κ2) is 4.83. The van der Waals surface area contributed by atoms with Crippen LogP contribution in [0.1, 0.15) is 40.5 Å². The molecule has 0 bridgehead atoms. The van der Waals surface area contributed by atoms with Gasteiger partial charge >= 0.3 is 7.12 Å². The summed E-state index contributed by atoms with van der Waals surface area (Å²) >= 11 is 0. The molecule has 2 aromatic rings. The molecule has 128 valence electrons. The van der Waals surface area contributed by atoms with Crippen LogP contribution in [-0.4, -0.2) is 41.2 Å². The van der Waals surface area contributed by atoms with E-state index in [9.17, 15) is 8.42 Å². The van der Waals surface area contributed by atoms with Crippen molar-refractivity contribution in [2.75, 3.05) is 0 Å². The van der Waals surface area contributed by atoms with Crippen LogP contribution in [0.5, 0.6) is 0 Å². The quantitative estimate of drug-likeness (QED) is 0.790. The number of benzene rings is 1. The topological polar surface area (TPSA) is 70.4 Å². The summed E-state index contributed by atoms with van der Waals surface area (Å²) in [6.07, 6.45) is 3.01. The van der Waals surface area contributed by atoms with E-state index in [4.69, 9.17) is 9.31 Å². The van der Waals surface area contributed by atoms with E-state index in [1.807, 2.05) is 39.8 Å². The van der Waals surface area contributed by atoms with Gasteiger partial charge in [-0.1, -0.05) is 12.1 Å². The predicted molar refractivity (Wildman–Crippen MR) is 92.8 cm³/mol. The van der Waals surface area contributed by atoms with Crippen LogP contribution in [0.15, 0.2) is 24.4 Å². The van der Waals surface area contributed by atoms with Crippen LogP contribution in [0, 0.1) is 0 Å². The zero-order chi connectivity index (χ0) is 17.3. The summed E-state index contributed by atoms with van der Waals surface area (Å²) < 4.78 is 38.5. The standard InChI is InChI=1S/C16H21BN2O4S/c1-15(2)16(3,4)23-17(22-15)13-6-5-7-14-12(13)10-18-19(14)24(20,21)11-8-9-11/h5-7,10-11H,8-9H2,1-4H3. The molecule has 6 nitrogen and oxygen atoms in total. The van der Waals surface area contributed by atoms with Gasteiger partial charge < -0.3 is 9.31 Å². The van der Waals surface area contributed by atoms with E-state index in [2.05, 4.69) is 5.10 Å². The first-order valence-electron chi connectivity index (χ1n) is 8.20. The van der Waals surface area contributed by atoms with Crippen molar-refractivity contribution in [3.8, 4) is 0 Å². The third-order valence-electron chi connectivity index (χ3n) is 5.31. The number of hydrogen-bond acceptors (Lipinski definition) is 5. The minimum absolute atomic E-state index is 0.305. The summed E-state index contributed by atoms with van der Waals surface area (Å²) in [7, 11) is -3.95. The Morgan fingerprint density at radius 2 is 1.79 bits per heavy atom. The average Bonchev–Trinajstić information content (AvgIpc) is 3.20. The Bertz CT molecular complexity index is 899. The maximum absolute atomic E-state index is 12.5. The Morgan fingerprint density at radius 3 is 2.38 bits per heavy atom. The Labute approximate surface area is 142 Å². The van der Waals surface area contributed by atoms with Crippen LogP contribution in [0.25, 0.3) is 10.9 Å². The van der Waals surface area contributed by atoms with Crippen LogP contribution in [0.3, 0.4) is 0 Å². The Hall–Kier alpha value is -1.38. The smallest absolute Gasteiger partial charge is 0.399 e. The van der Waals surface area contributed by atoms with Crippen molar-refractivity contribution in [3.63, 3.8) is 0 Å². The number of fused-ring (bicyclic) bond motifs is 1. The molecular weight excluding hydrogens is 327 g/mol. The van der Waals surface area contributed by atoms with Gasteiger partial charge in [-0.05, 0) is 52.1 Å². The highest BCUT2D eigenvalue weighted by Crippen LogP contribution is 2.37. The van der Waals surface area contributed by atoms with Gasteiger partial charge in [-0.25, -0.2) is 8.42 Å². The first-order valence-corrected chi connectivity index (χ1v) is 9.70. The highest BCUT2D eigenvalue weighted by molar-refractivity contribution is 7.90. The summed E-state index contributed by atoms with van der Waals surface area (Å²) in [5, 5.41) is 4.60. The molecule has 2 aliphatic rings. The molecule has 4 rings (SSSR count). The minimum Gasteiger partial charge on any atom is -0.399 e. The second-order valence-corrected chi connectivity index (χ2v) is 9.64. The lowest BCUT2D eigenvalue weighted by molar-refractivity contribution is 0.00578. The largest absolute Gasteiger partial charge is 0.495 e. The molecule has 0 amide bonds. The van der Waals surface area contributed by atoms with Gasteiger partial charge in [-0.15, -0.1) is 0 Å². The lowest BCUT2D eigenvalue weighted by Gasteiger charge is -2.32. The van der Waals surface area contributed by atoms with E-state index < -0.39 is 28.3 Å². The Balaban J connectivity index is 1.81. The molecular formula is C16H21BN2O4S. The van der Waals surface area contributed by atoms with Crippen molar-refractivity contribution in [1.29, 1.82) is 0 Å². The van der Waals surface area contributed by atoms with E-state index in [1.54, 1.807) is 12.3 Å². The lowest BCUT2D eigenvalue weighted by atomic mass is 9.77. The van der Waals surface area contributed by atoms with Gasteiger partial charge in [0.2, 0.25) is 0 Å². The van der Waals surface area contributed by atoms with E-state index in [0.717, 1.165) is 14.9 Å². The number of hydrogen-bond donors (Lipinski definition) is 0. The Morgan fingerprint density at radius 1 is 1.17 bits per heavy atom. The maximum Gasteiger partial charge on any atom is 0.495 e. The van der Waals surface area contributed by atoms with E-state index in [0.29, 0.717) is 18.4 Å². The highest BCUT2D eigenvalue weighted by Gasteiger charge is 2.52. The van der Waals surface area contributed by atoms with E-state index in [-0.39, 0.29) is 5.25 Å². The van der Waals surface area contributed by atoms with Crippen LogP contribution in [0.2, 0.25) is 0 Å². The van der Waals surface area contributed by atoms with Gasteiger partial charge in [-0.2, -0.15) is 9.19 Å². The molecule has 1 aliphatic heterocycles. The third kappa shape index (κ3) is 2.23. The molecule has 24 heavy (non-hydrogen) atoms. The van der Waals surface area contributed by atoms with Gasteiger partial charge in [0, 0.05) is 5.39 Å². The number of rotatable bonds is 3. The molecule has 2 fully saturated rings. The number of nitrogens with zero attached hydrogens (tertiary/aromatic N) is 2. The van der Waals surface area contributed by atoms with E-state index in [1.165, 1.54) is 0 Å². The van der Waals surface area contributed by atoms with Crippen molar-refractivity contribution in [1.82, 2.24) is 9.19 Å². The van der Waals surface area contributed by atoms with Crippen molar-refractivity contribution in [3.05, 3.63) is 24.4 Å². The molecule has 0 N–H and O–H groups in total. The van der Waals surface area contributed by atoms with Gasteiger partial charge in [0.15, 0.2) is 0 Å². The van der Waals surface area contributed by atoms with Crippen LogP contribution >= 0.6 is 0 Å². The van der Waals surface area contributed by atoms with Crippen molar-refractivity contribution in [2.24, 2.45) is 0 Å². The highest BCUT2D eigenvalue weighted by atomic mass is 32.2. The molecule has 1 saturated carbocycles. The lowest BCUT2D eigenvalue weighted by Crippen LogP contribution is -2.41. The van der Waals surface area contributed by atoms with Gasteiger partial charge in [0.25, 0.3) is 10.0 Å². The zero-order valence-electron chi connectivity index (χ0n) is 14.3. The van der Waals surface area contributed by atoms with Crippen molar-refractivity contribution >= 4 is 33.5 Å². The number of aromatic nitrogens is 2. The van der Waals surface area contributed by atoms with Crippen molar-refractivity contribution < 1.29 is 17.7 Å². The molecule has 1 saturated heterocycles. The monoisotopic (exact) mass is 348 g/mol. The summed E-state index contributed by atoms with van der Waals surface area (Å²) in [6.45, 7) is 7.98. The molecule has 2 heterocycles. The summed E-state index contributed by atoms with van der Waals surface area (Å²) in [4.78, 5) is 0. The zero-order valence-corrected chi connectivity index (χ0v) is 15.1. The summed E-state index contributed by atoms with van der Waals surface area (Å²) in [6, 6.07) is 5.50. The van der Waals surface area contributed by atoms with Crippen LogP contribution in [0.4, 0.5) is 0 Å². The van der Waals surface area contributed by atoms with Gasteiger partial charge in [0.1, 0.15) is 0 Å². The fourth-order valence-electron chi connectivity index (χ4n) is 2.94. The van der Waals surface area contributed by atoms with E-state index >= 15 is 0 Å². The minimum atomic E-state index is -3.41. The van der Waals surface area contributed by atoms with Gasteiger partial charge in [0.05, 0.1) is 28.2 Å². The Kier molecular flexibility index (Phi) is 3.25. The normalized spacial score (nSPS) is 23.1. The fraction of sp³-hybridized carbons (Fsp3) is 0.562. The molecule has 0 unspecified atom stereocenters. The first-order chi connectivity index (χ1) is 11.1. The molecule has 1 aromatic carbocycles. The van der Waals surface area contributed by atoms with Crippen molar-refractivity contribution in [2.45, 2.75) is 57.0 Å². The summed E-state index contributed by atoms with van der Waals surface area (Å²) in [5.74, 6) is 0. The first kappa shape index (κ1) is 16.1. The molecule has 0 atom stereocenters. The molecule has 8 heteroatoms. The predicted octanol–water partition coefficient (Wildman–Crippen LogP) is 1.68. The van der Waals surface area contributed by atoms with Gasteiger partial charge in [-0.3, -0.25) is 0 Å². The molecule has 0 spiro atoms. The summed E-state index contributed by atoms with van der Waals surface area (Å²) in [5.41, 5.74) is 0.490. The fourth-order valence-corrected chi connectivity index (χ4v) is 4.56.